The molecule has 1 aliphatic heterocycles. The van der Waals surface area contributed by atoms with Crippen LogP contribution in [-0.2, 0) is 11.3 Å². The number of halogens is 2. The van der Waals surface area contributed by atoms with Crippen LogP contribution in [0.25, 0.3) is 10.9 Å². The van der Waals surface area contributed by atoms with Gasteiger partial charge in [-0.3, -0.25) is 9.69 Å². The Morgan fingerprint density at radius 1 is 1.07 bits per heavy atom. The number of amides is 3. The molecular formula is C22H22F2N4O2. The Bertz CT molecular complexity index is 1110. The summed E-state index contributed by atoms with van der Waals surface area (Å²) in [5.41, 5.74) is 2.50. The number of fused-ring (bicyclic) bond motifs is 1. The third kappa shape index (κ3) is 3.85. The molecule has 0 radical (unpaired) electrons. The van der Waals surface area contributed by atoms with Gasteiger partial charge in [0.1, 0.15) is 6.54 Å². The van der Waals surface area contributed by atoms with E-state index in [1.54, 1.807) is 0 Å². The number of nitrogens with one attached hydrogen (secondary N) is 1. The average Bonchev–Trinajstić information content (AvgIpc) is 3.24. The molecule has 1 fully saturated rings. The van der Waals surface area contributed by atoms with Crippen LogP contribution in [0.2, 0.25) is 0 Å². The smallest absolute Gasteiger partial charge is 0.325 e. The zero-order valence-electron chi connectivity index (χ0n) is 16.6. The highest BCUT2D eigenvalue weighted by Crippen LogP contribution is 2.22. The van der Waals surface area contributed by atoms with Gasteiger partial charge < -0.3 is 14.8 Å². The Balaban J connectivity index is 1.31. The number of hydrogen-bond acceptors (Lipinski definition) is 2. The van der Waals surface area contributed by atoms with Crippen LogP contribution in [0.15, 0.2) is 48.5 Å². The van der Waals surface area contributed by atoms with Gasteiger partial charge >= 0.3 is 6.03 Å². The molecule has 2 heterocycles. The van der Waals surface area contributed by atoms with Crippen molar-refractivity contribution in [1.82, 2.24) is 14.8 Å². The van der Waals surface area contributed by atoms with E-state index in [-0.39, 0.29) is 18.1 Å². The van der Waals surface area contributed by atoms with Crippen molar-refractivity contribution in [1.29, 1.82) is 0 Å². The van der Waals surface area contributed by atoms with E-state index in [9.17, 15) is 18.4 Å². The summed E-state index contributed by atoms with van der Waals surface area (Å²) in [6, 6.07) is 13.1. The van der Waals surface area contributed by atoms with E-state index >= 15 is 0 Å². The van der Waals surface area contributed by atoms with Crippen molar-refractivity contribution in [2.45, 2.75) is 13.5 Å². The molecule has 8 heteroatoms. The number of carbonyl (C=O) groups excluding carboxylic acids is 2. The fraction of sp³-hybridized carbons (Fsp3) is 0.273. The Hall–Kier alpha value is -3.42. The number of aryl methyl sites for hydroxylation is 1. The van der Waals surface area contributed by atoms with E-state index < -0.39 is 17.7 Å². The second-order valence-electron chi connectivity index (χ2n) is 7.30. The molecule has 3 aromatic rings. The van der Waals surface area contributed by atoms with Crippen molar-refractivity contribution < 1.29 is 18.4 Å². The van der Waals surface area contributed by atoms with Gasteiger partial charge in [0.2, 0.25) is 5.91 Å². The zero-order chi connectivity index (χ0) is 21.3. The highest BCUT2D eigenvalue weighted by Gasteiger charge is 2.31. The van der Waals surface area contributed by atoms with E-state index in [1.807, 2.05) is 25.1 Å². The summed E-state index contributed by atoms with van der Waals surface area (Å²) in [5.74, 6) is -2.23. The summed E-state index contributed by atoms with van der Waals surface area (Å²) in [6.07, 6.45) is 0. The predicted molar refractivity (Wildman–Crippen MR) is 110 cm³/mol. The molecule has 2 aromatic carbocycles. The van der Waals surface area contributed by atoms with Crippen molar-refractivity contribution in [2.24, 2.45) is 0 Å². The minimum absolute atomic E-state index is 0.0789. The van der Waals surface area contributed by atoms with Gasteiger partial charge in [0.15, 0.2) is 11.6 Å². The molecule has 1 N–H and O–H groups in total. The third-order valence-corrected chi connectivity index (χ3v) is 5.32. The maximum absolute atomic E-state index is 13.5. The molecule has 0 bridgehead atoms. The van der Waals surface area contributed by atoms with Crippen molar-refractivity contribution in [3.63, 3.8) is 0 Å². The maximum atomic E-state index is 13.5. The van der Waals surface area contributed by atoms with Crippen LogP contribution in [0.3, 0.4) is 0 Å². The summed E-state index contributed by atoms with van der Waals surface area (Å²) in [6.45, 7) is 3.66. The molecule has 30 heavy (non-hydrogen) atoms. The fourth-order valence-electron chi connectivity index (χ4n) is 3.80. The van der Waals surface area contributed by atoms with Crippen LogP contribution >= 0.6 is 0 Å². The summed E-state index contributed by atoms with van der Waals surface area (Å²) in [7, 11) is 0. The number of hydrogen-bond donors (Lipinski definition) is 1. The van der Waals surface area contributed by atoms with Gasteiger partial charge in [-0.15, -0.1) is 0 Å². The minimum Gasteiger partial charge on any atom is -0.353 e. The predicted octanol–water partition coefficient (Wildman–Crippen LogP) is 3.29. The summed E-state index contributed by atoms with van der Waals surface area (Å²) < 4.78 is 28.7. The van der Waals surface area contributed by atoms with Gasteiger partial charge in [0, 0.05) is 49.1 Å². The van der Waals surface area contributed by atoms with Gasteiger partial charge in [0.25, 0.3) is 0 Å². The lowest BCUT2D eigenvalue weighted by Gasteiger charge is -2.18. The first-order valence-corrected chi connectivity index (χ1v) is 9.77. The largest absolute Gasteiger partial charge is 0.353 e. The molecule has 4 rings (SSSR count). The van der Waals surface area contributed by atoms with Crippen molar-refractivity contribution in [2.75, 3.05) is 31.1 Å². The number of carbonyl (C=O) groups is 2. The van der Waals surface area contributed by atoms with E-state index in [4.69, 9.17) is 0 Å². The monoisotopic (exact) mass is 412 g/mol. The minimum atomic E-state index is -1.01. The molecule has 1 aromatic heterocycles. The van der Waals surface area contributed by atoms with E-state index in [0.717, 1.165) is 28.7 Å². The molecule has 6 nitrogen and oxygen atoms in total. The Morgan fingerprint density at radius 3 is 2.67 bits per heavy atom. The van der Waals surface area contributed by atoms with Crippen molar-refractivity contribution >= 4 is 28.5 Å². The first-order valence-electron chi connectivity index (χ1n) is 9.77. The summed E-state index contributed by atoms with van der Waals surface area (Å²) in [5, 5.41) is 4.00. The molecule has 0 unspecified atom stereocenters. The number of para-hydroxylation sites is 1. The molecule has 3 amide bonds. The molecule has 1 aliphatic rings. The summed E-state index contributed by atoms with van der Waals surface area (Å²) in [4.78, 5) is 27.6. The van der Waals surface area contributed by atoms with E-state index in [1.165, 1.54) is 15.9 Å². The Morgan fingerprint density at radius 2 is 1.87 bits per heavy atom. The van der Waals surface area contributed by atoms with Crippen molar-refractivity contribution in [3.05, 3.63) is 65.9 Å². The molecule has 1 saturated heterocycles. The van der Waals surface area contributed by atoms with Crippen LogP contribution in [0.4, 0.5) is 19.3 Å². The molecular weight excluding hydrogens is 390 g/mol. The third-order valence-electron chi connectivity index (χ3n) is 5.32. The topological polar surface area (TPSA) is 57.6 Å². The highest BCUT2D eigenvalue weighted by atomic mass is 19.2. The SMILES string of the molecule is Cc1cc2ccccc2n1CCNC(=O)CN1CCN(c2ccc(F)c(F)c2)C1=O. The van der Waals surface area contributed by atoms with Gasteiger partial charge in [-0.2, -0.15) is 0 Å². The van der Waals surface area contributed by atoms with Crippen LogP contribution in [0, 0.1) is 18.6 Å². The molecule has 0 spiro atoms. The van der Waals surface area contributed by atoms with Gasteiger partial charge in [-0.1, -0.05) is 18.2 Å². The number of anilines is 1. The highest BCUT2D eigenvalue weighted by molar-refractivity contribution is 5.96. The lowest BCUT2D eigenvalue weighted by molar-refractivity contribution is -0.121. The van der Waals surface area contributed by atoms with Crippen molar-refractivity contribution in [3.8, 4) is 0 Å². The van der Waals surface area contributed by atoms with E-state index in [2.05, 4.69) is 22.0 Å². The first-order chi connectivity index (χ1) is 14.4. The molecule has 0 atom stereocenters. The number of urea groups is 1. The molecule has 0 aliphatic carbocycles. The lowest BCUT2D eigenvalue weighted by atomic mass is 10.2. The van der Waals surface area contributed by atoms with Crippen LogP contribution in [0.1, 0.15) is 5.69 Å². The number of rotatable bonds is 6. The Labute approximate surface area is 172 Å². The van der Waals surface area contributed by atoms with Gasteiger partial charge in [-0.05, 0) is 36.6 Å². The quantitative estimate of drug-likeness (QED) is 0.676. The van der Waals surface area contributed by atoms with Gasteiger partial charge in [-0.25, -0.2) is 13.6 Å². The summed E-state index contributed by atoms with van der Waals surface area (Å²) >= 11 is 0. The molecule has 156 valence electrons. The Kier molecular flexibility index (Phi) is 5.39. The van der Waals surface area contributed by atoms with Crippen LogP contribution in [0.5, 0.6) is 0 Å². The number of nitrogens with zero attached hydrogens (tertiary/aromatic N) is 3. The first kappa shape index (κ1) is 19.9. The zero-order valence-corrected chi connectivity index (χ0v) is 16.6. The second-order valence-corrected chi connectivity index (χ2v) is 7.30. The average molecular weight is 412 g/mol. The lowest BCUT2D eigenvalue weighted by Crippen LogP contribution is -2.40. The second kappa shape index (κ2) is 8.14. The fourth-order valence-corrected chi connectivity index (χ4v) is 3.80. The maximum Gasteiger partial charge on any atom is 0.325 e. The van der Waals surface area contributed by atoms with Crippen LogP contribution < -0.4 is 10.2 Å². The van der Waals surface area contributed by atoms with E-state index in [0.29, 0.717) is 26.2 Å². The normalized spacial score (nSPS) is 14.0. The number of aromatic nitrogens is 1. The number of benzene rings is 2. The van der Waals surface area contributed by atoms with Crippen LogP contribution in [-0.4, -0.2) is 47.6 Å². The molecule has 0 saturated carbocycles. The standard InChI is InChI=1S/C22H22F2N4O2/c1-15-12-16-4-2-3-5-20(16)27(15)9-8-25-21(29)14-26-10-11-28(22(26)30)17-6-7-18(23)19(24)13-17/h2-7,12-13H,8-11,14H2,1H3,(H,25,29). The van der Waals surface area contributed by atoms with Gasteiger partial charge in [0.05, 0.1) is 0 Å².